The van der Waals surface area contributed by atoms with Crippen LogP contribution >= 0.6 is 0 Å². The smallest absolute Gasteiger partial charge is 0.275 e. The van der Waals surface area contributed by atoms with Gasteiger partial charge in [-0.25, -0.2) is 4.68 Å². The van der Waals surface area contributed by atoms with Crippen molar-refractivity contribution in [3.8, 4) is 5.88 Å². The van der Waals surface area contributed by atoms with E-state index in [0.717, 1.165) is 12.8 Å². The highest BCUT2D eigenvalue weighted by molar-refractivity contribution is 5.97. The number of nitrogens with zero attached hydrogens (tertiary/aromatic N) is 3. The first kappa shape index (κ1) is 12.0. The Kier molecular flexibility index (Phi) is 2.69. The molecule has 7 heteroatoms. The Morgan fingerprint density at radius 3 is 3.00 bits per heavy atom. The summed E-state index contributed by atoms with van der Waals surface area (Å²) < 4.78 is 6.62. The predicted octanol–water partition coefficient (Wildman–Crippen LogP) is -0.468. The molecule has 102 valence electrons. The number of fused-ring (bicyclic) bond motifs is 2. The summed E-state index contributed by atoms with van der Waals surface area (Å²) in [6.07, 6.45) is 1.59. The normalized spacial score (nSPS) is 25.4. The first-order chi connectivity index (χ1) is 9.11. The van der Waals surface area contributed by atoms with E-state index in [1.54, 1.807) is 18.0 Å². The van der Waals surface area contributed by atoms with Crippen LogP contribution in [0.25, 0.3) is 0 Å². The van der Waals surface area contributed by atoms with Crippen molar-refractivity contribution in [3.63, 3.8) is 0 Å². The highest BCUT2D eigenvalue weighted by atomic mass is 16.5. The number of rotatable bonds is 2. The molecule has 7 nitrogen and oxygen atoms in total. The van der Waals surface area contributed by atoms with Crippen LogP contribution in [-0.2, 0) is 11.8 Å². The van der Waals surface area contributed by atoms with E-state index in [0.29, 0.717) is 18.1 Å². The van der Waals surface area contributed by atoms with Crippen LogP contribution in [0.3, 0.4) is 0 Å². The van der Waals surface area contributed by atoms with Crippen molar-refractivity contribution in [1.29, 1.82) is 0 Å². The zero-order valence-electron chi connectivity index (χ0n) is 10.9. The number of aromatic nitrogens is 2. The highest BCUT2D eigenvalue weighted by Crippen LogP contribution is 2.29. The Hall–Kier alpha value is -2.05. The van der Waals surface area contributed by atoms with Gasteiger partial charge < -0.3 is 15.0 Å². The number of carbonyl (C=O) groups is 2. The van der Waals surface area contributed by atoms with Crippen LogP contribution in [0.15, 0.2) is 6.07 Å². The molecule has 2 bridgehead atoms. The van der Waals surface area contributed by atoms with Crippen LogP contribution in [0.5, 0.6) is 5.88 Å². The number of ether oxygens (including phenoxy) is 1. The van der Waals surface area contributed by atoms with E-state index in [1.165, 1.54) is 11.8 Å². The van der Waals surface area contributed by atoms with Crippen molar-refractivity contribution in [3.05, 3.63) is 11.8 Å². The topological polar surface area (TPSA) is 76.5 Å². The molecule has 2 fully saturated rings. The van der Waals surface area contributed by atoms with E-state index in [9.17, 15) is 9.59 Å². The summed E-state index contributed by atoms with van der Waals surface area (Å²) >= 11 is 0. The predicted molar refractivity (Wildman–Crippen MR) is 65.7 cm³/mol. The maximum absolute atomic E-state index is 12.5. The molecule has 2 unspecified atom stereocenters. The molecule has 3 rings (SSSR count). The maximum atomic E-state index is 12.5. The van der Waals surface area contributed by atoms with Gasteiger partial charge in [0.15, 0.2) is 5.69 Å². The molecule has 2 saturated heterocycles. The molecule has 2 amide bonds. The van der Waals surface area contributed by atoms with Gasteiger partial charge in [0.1, 0.15) is 6.04 Å². The third-order valence-corrected chi connectivity index (χ3v) is 3.82. The van der Waals surface area contributed by atoms with Gasteiger partial charge in [-0.2, -0.15) is 5.10 Å². The van der Waals surface area contributed by atoms with Gasteiger partial charge in [0, 0.05) is 19.7 Å². The van der Waals surface area contributed by atoms with Crippen molar-refractivity contribution in [2.75, 3.05) is 13.7 Å². The van der Waals surface area contributed by atoms with Crippen LogP contribution in [0.4, 0.5) is 0 Å². The zero-order valence-corrected chi connectivity index (χ0v) is 10.9. The van der Waals surface area contributed by atoms with Gasteiger partial charge in [-0.1, -0.05) is 0 Å². The van der Waals surface area contributed by atoms with Gasteiger partial charge in [-0.05, 0) is 12.8 Å². The first-order valence-corrected chi connectivity index (χ1v) is 6.30. The summed E-state index contributed by atoms with van der Waals surface area (Å²) in [5, 5.41) is 6.97. The minimum atomic E-state index is -0.348. The number of nitrogens with one attached hydrogen (secondary N) is 1. The summed E-state index contributed by atoms with van der Waals surface area (Å²) in [5.74, 6) is 0.267. The lowest BCUT2D eigenvalue weighted by Crippen LogP contribution is -2.57. The molecule has 0 saturated carbocycles. The lowest BCUT2D eigenvalue weighted by molar-refractivity contribution is -0.127. The number of carbonyl (C=O) groups excluding carboxylic acids is 2. The molecule has 19 heavy (non-hydrogen) atoms. The van der Waals surface area contributed by atoms with E-state index in [-0.39, 0.29) is 23.9 Å². The second-order valence-electron chi connectivity index (χ2n) is 4.90. The number of hydrogen-bond acceptors (Lipinski definition) is 4. The van der Waals surface area contributed by atoms with Crippen LogP contribution in [0, 0.1) is 0 Å². The largest absolute Gasteiger partial charge is 0.481 e. The standard InChI is InChI=1S/C12H16N4O3/c1-15-10(19-2)5-8(14-15)12(18)16-7-3-4-9(16)11(17)13-6-7/h5,7,9H,3-4,6H2,1-2H3,(H,13,17). The van der Waals surface area contributed by atoms with Crippen LogP contribution < -0.4 is 10.1 Å². The van der Waals surface area contributed by atoms with Gasteiger partial charge in [0.2, 0.25) is 11.8 Å². The summed E-state index contributed by atoms with van der Waals surface area (Å²) in [5.41, 5.74) is 0.325. The van der Waals surface area contributed by atoms with Gasteiger partial charge in [0.25, 0.3) is 5.91 Å². The second kappa shape index (κ2) is 4.25. The Morgan fingerprint density at radius 2 is 2.32 bits per heavy atom. The minimum absolute atomic E-state index is 0.0648. The highest BCUT2D eigenvalue weighted by Gasteiger charge is 2.45. The van der Waals surface area contributed by atoms with E-state index < -0.39 is 0 Å². The van der Waals surface area contributed by atoms with Crippen molar-refractivity contribution in [2.45, 2.75) is 24.9 Å². The van der Waals surface area contributed by atoms with Crippen molar-refractivity contribution < 1.29 is 14.3 Å². The van der Waals surface area contributed by atoms with E-state index in [2.05, 4.69) is 10.4 Å². The average molecular weight is 264 g/mol. The zero-order chi connectivity index (χ0) is 13.6. The first-order valence-electron chi connectivity index (χ1n) is 6.30. The van der Waals surface area contributed by atoms with Crippen molar-refractivity contribution >= 4 is 11.8 Å². The molecule has 2 atom stereocenters. The Balaban J connectivity index is 1.89. The quantitative estimate of drug-likeness (QED) is 0.783. The molecule has 3 heterocycles. The fourth-order valence-electron chi connectivity index (χ4n) is 2.86. The lowest BCUT2D eigenvalue weighted by atomic mass is 10.2. The number of aryl methyl sites for hydroxylation is 1. The van der Waals surface area contributed by atoms with E-state index in [1.807, 2.05) is 0 Å². The molecular weight excluding hydrogens is 248 g/mol. The van der Waals surface area contributed by atoms with Gasteiger partial charge in [0.05, 0.1) is 13.2 Å². The Bertz CT molecular complexity index is 539. The lowest BCUT2D eigenvalue weighted by Gasteiger charge is -2.33. The molecule has 2 aliphatic rings. The van der Waals surface area contributed by atoms with Crippen LogP contribution in [-0.4, -0.2) is 52.2 Å². The molecule has 0 spiro atoms. The molecule has 2 aliphatic heterocycles. The fourth-order valence-corrected chi connectivity index (χ4v) is 2.86. The average Bonchev–Trinajstić information content (AvgIpc) is 2.93. The molecule has 0 aromatic carbocycles. The summed E-state index contributed by atoms with van der Waals surface area (Å²) in [7, 11) is 3.25. The summed E-state index contributed by atoms with van der Waals surface area (Å²) in [4.78, 5) is 25.9. The monoisotopic (exact) mass is 264 g/mol. The van der Waals surface area contributed by atoms with Gasteiger partial charge in [-0.3, -0.25) is 9.59 Å². The van der Waals surface area contributed by atoms with Crippen molar-refractivity contribution in [1.82, 2.24) is 20.0 Å². The third kappa shape index (κ3) is 1.76. The van der Waals surface area contributed by atoms with E-state index >= 15 is 0 Å². The second-order valence-corrected chi connectivity index (χ2v) is 4.90. The molecule has 0 aliphatic carbocycles. The van der Waals surface area contributed by atoms with Gasteiger partial charge >= 0.3 is 0 Å². The van der Waals surface area contributed by atoms with Crippen LogP contribution in [0.1, 0.15) is 23.3 Å². The van der Waals surface area contributed by atoms with Crippen molar-refractivity contribution in [2.24, 2.45) is 7.05 Å². The molecular formula is C12H16N4O3. The maximum Gasteiger partial charge on any atom is 0.275 e. The van der Waals surface area contributed by atoms with E-state index in [4.69, 9.17) is 4.74 Å². The molecule has 1 aromatic heterocycles. The number of piperazine rings is 1. The Labute approximate surface area is 110 Å². The minimum Gasteiger partial charge on any atom is -0.481 e. The van der Waals surface area contributed by atoms with Crippen LogP contribution in [0.2, 0.25) is 0 Å². The SMILES string of the molecule is COc1cc(C(=O)N2C3CCC2C(=O)NC3)nn1C. The molecule has 1 aromatic rings. The van der Waals surface area contributed by atoms with Gasteiger partial charge in [-0.15, -0.1) is 0 Å². The summed E-state index contributed by atoms with van der Waals surface area (Å²) in [6.45, 7) is 0.533. The third-order valence-electron chi connectivity index (χ3n) is 3.82. The molecule has 0 radical (unpaired) electrons. The number of hydrogen-bond donors (Lipinski definition) is 1. The Morgan fingerprint density at radius 1 is 1.53 bits per heavy atom. The molecule has 1 N–H and O–H groups in total. The summed E-state index contributed by atoms with van der Waals surface area (Å²) in [6, 6.07) is 1.34. The number of amides is 2. The fraction of sp³-hybridized carbons (Fsp3) is 0.583. The number of methoxy groups -OCH3 is 1.